The molecule has 2 unspecified atom stereocenters. The zero-order valence-electron chi connectivity index (χ0n) is 8.22. The lowest BCUT2D eigenvalue weighted by atomic mass is 9.79. The van der Waals surface area contributed by atoms with Crippen molar-refractivity contribution < 1.29 is 13.2 Å². The number of hydrogen-bond acceptors (Lipinski definition) is 3. The molecule has 82 valence electrons. The summed E-state index contributed by atoms with van der Waals surface area (Å²) < 4.78 is 22.7. The average Bonchev–Trinajstić information content (AvgIpc) is 2.15. The van der Waals surface area contributed by atoms with Crippen LogP contribution in [0.3, 0.4) is 0 Å². The normalized spacial score (nSPS) is 31.0. The third-order valence-electron chi connectivity index (χ3n) is 2.98. The van der Waals surface area contributed by atoms with Crippen molar-refractivity contribution in [1.82, 2.24) is 0 Å². The van der Waals surface area contributed by atoms with Gasteiger partial charge >= 0.3 is 0 Å². The van der Waals surface area contributed by atoms with Gasteiger partial charge in [0.1, 0.15) is 0 Å². The van der Waals surface area contributed by atoms with Crippen LogP contribution in [0.25, 0.3) is 0 Å². The number of primary sulfonamides is 1. The summed E-state index contributed by atoms with van der Waals surface area (Å²) in [6.45, 7) is 0. The Morgan fingerprint density at radius 1 is 1.40 bits per heavy atom. The second-order valence-electron chi connectivity index (χ2n) is 4.00. The van der Waals surface area contributed by atoms with Gasteiger partial charge in [0.25, 0.3) is 0 Å². The number of fused-ring (bicyclic) bond motifs is 1. The number of rotatable bonds is 1. The molecule has 0 aromatic rings. The topological polar surface area (TPSA) is 77.2 Å². The molecule has 0 amide bonds. The summed E-state index contributed by atoms with van der Waals surface area (Å²) >= 11 is 0. The van der Waals surface area contributed by atoms with Gasteiger partial charge in [0.2, 0.25) is 10.0 Å². The van der Waals surface area contributed by atoms with Crippen LogP contribution >= 0.6 is 0 Å². The Balaban J connectivity index is 2.45. The molecule has 2 aliphatic rings. The van der Waals surface area contributed by atoms with Crippen molar-refractivity contribution in [2.75, 3.05) is 0 Å². The second-order valence-corrected chi connectivity index (χ2v) is 5.65. The summed E-state index contributed by atoms with van der Waals surface area (Å²) in [5.41, 5.74) is 0.677. The molecule has 0 aromatic carbocycles. The van der Waals surface area contributed by atoms with Gasteiger partial charge in [0.05, 0.1) is 0 Å². The summed E-state index contributed by atoms with van der Waals surface area (Å²) in [4.78, 5) is 11.6. The zero-order valence-corrected chi connectivity index (χ0v) is 9.03. The summed E-state index contributed by atoms with van der Waals surface area (Å²) in [5, 5.41) is 4.00. The summed E-state index contributed by atoms with van der Waals surface area (Å²) in [7, 11) is -3.80. The van der Waals surface area contributed by atoms with Crippen molar-refractivity contribution in [2.24, 2.45) is 11.1 Å². The van der Waals surface area contributed by atoms with E-state index in [9.17, 15) is 13.2 Å². The molecule has 0 spiro atoms. The van der Waals surface area contributed by atoms with E-state index in [1.807, 2.05) is 6.08 Å². The molecule has 0 heterocycles. The molecule has 0 aromatic heterocycles. The van der Waals surface area contributed by atoms with Gasteiger partial charge in [-0.05, 0) is 24.3 Å². The predicted molar refractivity (Wildman–Crippen MR) is 56.5 cm³/mol. The molecular weight excluding hydrogens is 214 g/mol. The molecule has 0 radical (unpaired) electrons. The van der Waals surface area contributed by atoms with Gasteiger partial charge in [-0.2, -0.15) is 0 Å². The fourth-order valence-electron chi connectivity index (χ4n) is 2.29. The van der Waals surface area contributed by atoms with E-state index in [4.69, 9.17) is 5.14 Å². The standard InChI is InChI=1S/C10H13NO3S/c11-15(13,14)10-8-4-2-1-3-7(8)5-6-9(10)12/h1-2,4,7,10H,3,5-6H2,(H2,11,13,14). The maximum atomic E-state index is 11.6. The van der Waals surface area contributed by atoms with E-state index in [0.29, 0.717) is 12.0 Å². The van der Waals surface area contributed by atoms with E-state index >= 15 is 0 Å². The second kappa shape index (κ2) is 3.57. The van der Waals surface area contributed by atoms with E-state index in [1.54, 1.807) is 12.2 Å². The molecule has 2 aliphatic carbocycles. The maximum Gasteiger partial charge on any atom is 0.223 e. The molecule has 2 rings (SSSR count). The van der Waals surface area contributed by atoms with Crippen molar-refractivity contribution in [3.05, 3.63) is 23.8 Å². The monoisotopic (exact) mass is 227 g/mol. The SMILES string of the molecule is NS(=O)(=O)C1C(=O)CCC2CC=CC=C21. The summed E-state index contributed by atoms with van der Waals surface area (Å²) in [5.74, 6) is -0.0914. The van der Waals surface area contributed by atoms with Gasteiger partial charge < -0.3 is 0 Å². The fraction of sp³-hybridized carbons (Fsp3) is 0.500. The smallest absolute Gasteiger partial charge is 0.223 e. The molecule has 2 N–H and O–H groups in total. The Bertz CT molecular complexity index is 447. The van der Waals surface area contributed by atoms with Gasteiger partial charge in [-0.3, -0.25) is 4.79 Å². The van der Waals surface area contributed by atoms with Crippen LogP contribution < -0.4 is 5.14 Å². The van der Waals surface area contributed by atoms with Crippen LogP contribution in [0.2, 0.25) is 0 Å². The van der Waals surface area contributed by atoms with Crippen LogP contribution in [0.1, 0.15) is 19.3 Å². The van der Waals surface area contributed by atoms with Crippen LogP contribution in [-0.4, -0.2) is 19.5 Å². The van der Waals surface area contributed by atoms with Crippen LogP contribution in [0.5, 0.6) is 0 Å². The maximum absolute atomic E-state index is 11.6. The summed E-state index contributed by atoms with van der Waals surface area (Å²) in [6, 6.07) is 0. The van der Waals surface area contributed by atoms with Crippen molar-refractivity contribution in [2.45, 2.75) is 24.5 Å². The fourth-order valence-corrected chi connectivity index (χ4v) is 3.42. The number of Topliss-reactive ketones (excluding diaryl/α,β-unsaturated/α-hetero) is 1. The van der Waals surface area contributed by atoms with Gasteiger partial charge in [-0.15, -0.1) is 0 Å². The molecule has 4 nitrogen and oxygen atoms in total. The molecule has 0 aliphatic heterocycles. The number of sulfonamides is 1. The van der Waals surface area contributed by atoms with E-state index in [1.165, 1.54) is 0 Å². The highest BCUT2D eigenvalue weighted by Gasteiger charge is 2.40. The molecular formula is C10H13NO3S. The number of carbonyl (C=O) groups excluding carboxylic acids is 1. The zero-order chi connectivity index (χ0) is 11.1. The highest BCUT2D eigenvalue weighted by atomic mass is 32.2. The lowest BCUT2D eigenvalue weighted by Crippen LogP contribution is -2.42. The van der Waals surface area contributed by atoms with Gasteiger partial charge in [0, 0.05) is 6.42 Å². The Hall–Kier alpha value is -0.940. The number of carbonyl (C=O) groups is 1. The Labute approximate surface area is 88.9 Å². The third kappa shape index (κ3) is 1.89. The highest BCUT2D eigenvalue weighted by molar-refractivity contribution is 7.90. The molecule has 5 heteroatoms. The first-order chi connectivity index (χ1) is 7.00. The highest BCUT2D eigenvalue weighted by Crippen LogP contribution is 2.35. The van der Waals surface area contributed by atoms with Crippen LogP contribution in [0.4, 0.5) is 0 Å². The lowest BCUT2D eigenvalue weighted by Gasteiger charge is -2.31. The minimum Gasteiger partial charge on any atom is -0.298 e. The third-order valence-corrected chi connectivity index (χ3v) is 4.17. The summed E-state index contributed by atoms with van der Waals surface area (Å²) in [6.07, 6.45) is 7.37. The molecule has 0 saturated heterocycles. The number of hydrogen-bond donors (Lipinski definition) is 1. The van der Waals surface area contributed by atoms with Crippen molar-refractivity contribution in [1.29, 1.82) is 0 Å². The van der Waals surface area contributed by atoms with Crippen LogP contribution in [0, 0.1) is 5.92 Å². The van der Waals surface area contributed by atoms with Crippen molar-refractivity contribution in [3.8, 4) is 0 Å². The van der Waals surface area contributed by atoms with Gasteiger partial charge in [-0.25, -0.2) is 13.6 Å². The molecule has 15 heavy (non-hydrogen) atoms. The molecule has 2 atom stereocenters. The lowest BCUT2D eigenvalue weighted by molar-refractivity contribution is -0.119. The predicted octanol–water partition coefficient (Wildman–Crippen LogP) is 0.509. The van der Waals surface area contributed by atoms with E-state index < -0.39 is 15.3 Å². The van der Waals surface area contributed by atoms with Gasteiger partial charge in [0.15, 0.2) is 11.0 Å². The minimum absolute atomic E-state index is 0.177. The number of allylic oxidation sites excluding steroid dienone is 3. The molecule has 1 fully saturated rings. The van der Waals surface area contributed by atoms with E-state index in [-0.39, 0.29) is 11.7 Å². The van der Waals surface area contributed by atoms with E-state index in [2.05, 4.69) is 0 Å². The largest absolute Gasteiger partial charge is 0.298 e. The first kappa shape index (κ1) is 10.6. The molecule has 0 bridgehead atoms. The van der Waals surface area contributed by atoms with Gasteiger partial charge in [-0.1, -0.05) is 18.2 Å². The molecule has 1 saturated carbocycles. The van der Waals surface area contributed by atoms with Crippen LogP contribution in [-0.2, 0) is 14.8 Å². The Morgan fingerprint density at radius 2 is 2.13 bits per heavy atom. The van der Waals surface area contributed by atoms with E-state index in [0.717, 1.165) is 12.8 Å². The minimum atomic E-state index is -3.80. The average molecular weight is 227 g/mol. The number of ketones is 1. The number of nitrogens with two attached hydrogens (primary N) is 1. The van der Waals surface area contributed by atoms with Crippen molar-refractivity contribution in [3.63, 3.8) is 0 Å². The van der Waals surface area contributed by atoms with Crippen molar-refractivity contribution >= 4 is 15.8 Å². The Morgan fingerprint density at radius 3 is 2.80 bits per heavy atom. The quantitative estimate of drug-likeness (QED) is 0.709. The first-order valence-corrected chi connectivity index (χ1v) is 6.52. The van der Waals surface area contributed by atoms with Crippen LogP contribution in [0.15, 0.2) is 23.8 Å². The Kier molecular flexibility index (Phi) is 2.52. The first-order valence-electron chi connectivity index (χ1n) is 4.91.